The van der Waals surface area contributed by atoms with Crippen molar-refractivity contribution >= 4 is 11.0 Å². The molecule has 2 saturated heterocycles. The molecule has 1 aromatic carbocycles. The molecule has 3 nitrogen and oxygen atoms in total. The van der Waals surface area contributed by atoms with Crippen LogP contribution in [0, 0.1) is 6.92 Å². The van der Waals surface area contributed by atoms with Gasteiger partial charge in [0.25, 0.3) is 0 Å². The van der Waals surface area contributed by atoms with Crippen molar-refractivity contribution in [1.29, 1.82) is 0 Å². The topological polar surface area (TPSA) is 36.6 Å². The molecule has 0 radical (unpaired) electrons. The second kappa shape index (κ2) is 3.84. The van der Waals surface area contributed by atoms with Crippen LogP contribution < -0.4 is 0 Å². The van der Waals surface area contributed by atoms with E-state index in [2.05, 4.69) is 24.0 Å². The van der Waals surface area contributed by atoms with Crippen molar-refractivity contribution in [3.8, 4) is 0 Å². The van der Waals surface area contributed by atoms with Gasteiger partial charge in [0.15, 0.2) is 0 Å². The van der Waals surface area contributed by atoms with Gasteiger partial charge in [0, 0.05) is 18.0 Å². The van der Waals surface area contributed by atoms with Crippen LogP contribution in [0.1, 0.15) is 30.6 Å². The summed E-state index contributed by atoms with van der Waals surface area (Å²) in [6.45, 7) is 4.18. The molecule has 0 amide bonds. The van der Waals surface area contributed by atoms with Crippen LogP contribution in [0.25, 0.3) is 11.0 Å². The number of hydrogen-bond acceptors (Lipinski definition) is 3. The van der Waals surface area contributed by atoms with E-state index >= 15 is 0 Å². The van der Waals surface area contributed by atoms with Crippen LogP contribution in [-0.4, -0.2) is 29.1 Å². The maximum absolute atomic E-state index is 11.1. The highest BCUT2D eigenvalue weighted by atomic mass is 16.4. The second-order valence-corrected chi connectivity index (χ2v) is 6.02. The number of aryl methyl sites for hydroxylation is 1. The first kappa shape index (κ1) is 11.5. The number of rotatable bonds is 1. The van der Waals surface area contributed by atoms with Crippen molar-refractivity contribution in [2.24, 2.45) is 0 Å². The Bertz CT molecular complexity index is 633. The predicted octanol–water partition coefficient (Wildman–Crippen LogP) is 2.80. The third-order valence-corrected chi connectivity index (χ3v) is 4.79. The summed E-state index contributed by atoms with van der Waals surface area (Å²) in [7, 11) is 0. The fraction of sp³-hybridized carbons (Fsp3) is 0.500. The van der Waals surface area contributed by atoms with Crippen molar-refractivity contribution in [1.82, 2.24) is 4.90 Å². The molecule has 2 aliphatic rings. The van der Waals surface area contributed by atoms with Crippen LogP contribution in [-0.2, 0) is 5.60 Å². The highest BCUT2D eigenvalue weighted by molar-refractivity contribution is 5.79. The lowest BCUT2D eigenvalue weighted by Gasteiger charge is -2.27. The maximum atomic E-state index is 11.1. The molecule has 2 aliphatic heterocycles. The van der Waals surface area contributed by atoms with E-state index in [-0.39, 0.29) is 6.04 Å². The smallest absolute Gasteiger partial charge is 0.139 e. The van der Waals surface area contributed by atoms with Gasteiger partial charge in [0.2, 0.25) is 0 Å². The standard InChI is InChI=1S/C16H19NO2/c1-11-4-5-13-12(9-11)10-15(19-13)16(18)6-8-17-7-2-3-14(16)17/h4-5,9-10,14,18H,2-3,6-8H2,1H3. The average Bonchev–Trinajstić information content (AvgIpc) is 3.06. The van der Waals surface area contributed by atoms with E-state index in [1.165, 1.54) is 12.0 Å². The van der Waals surface area contributed by atoms with Gasteiger partial charge in [-0.05, 0) is 50.9 Å². The van der Waals surface area contributed by atoms with E-state index < -0.39 is 5.60 Å². The molecule has 2 atom stereocenters. The summed E-state index contributed by atoms with van der Waals surface area (Å²) in [6.07, 6.45) is 3.05. The van der Waals surface area contributed by atoms with E-state index in [4.69, 9.17) is 4.42 Å². The average molecular weight is 257 g/mol. The van der Waals surface area contributed by atoms with E-state index in [9.17, 15) is 5.11 Å². The van der Waals surface area contributed by atoms with Crippen molar-refractivity contribution in [2.45, 2.75) is 37.8 Å². The summed E-state index contributed by atoms with van der Waals surface area (Å²) in [5, 5.41) is 12.2. The van der Waals surface area contributed by atoms with Gasteiger partial charge in [-0.2, -0.15) is 0 Å². The van der Waals surface area contributed by atoms with Gasteiger partial charge < -0.3 is 9.52 Å². The predicted molar refractivity (Wildman–Crippen MR) is 74.1 cm³/mol. The van der Waals surface area contributed by atoms with E-state index in [0.717, 1.165) is 42.7 Å². The fourth-order valence-electron chi connectivity index (χ4n) is 3.78. The Kier molecular flexibility index (Phi) is 2.32. The molecular formula is C16H19NO2. The van der Waals surface area contributed by atoms with Crippen molar-refractivity contribution < 1.29 is 9.52 Å². The molecule has 19 heavy (non-hydrogen) atoms. The van der Waals surface area contributed by atoms with Crippen molar-refractivity contribution in [3.05, 3.63) is 35.6 Å². The zero-order valence-electron chi connectivity index (χ0n) is 11.2. The molecule has 3 heteroatoms. The molecule has 1 aromatic heterocycles. The molecule has 2 aromatic rings. The number of hydrogen-bond donors (Lipinski definition) is 1. The van der Waals surface area contributed by atoms with Gasteiger partial charge in [-0.25, -0.2) is 0 Å². The molecular weight excluding hydrogens is 238 g/mol. The summed E-state index contributed by atoms with van der Waals surface area (Å²) in [6, 6.07) is 8.45. The van der Waals surface area contributed by atoms with Gasteiger partial charge in [-0.1, -0.05) is 11.6 Å². The lowest BCUT2D eigenvalue weighted by atomic mass is 9.90. The molecule has 100 valence electrons. The Morgan fingerprint density at radius 1 is 1.32 bits per heavy atom. The third-order valence-electron chi connectivity index (χ3n) is 4.79. The van der Waals surface area contributed by atoms with E-state index in [1.807, 2.05) is 12.1 Å². The van der Waals surface area contributed by atoms with Crippen LogP contribution in [0.2, 0.25) is 0 Å². The Morgan fingerprint density at radius 3 is 3.11 bits per heavy atom. The minimum absolute atomic E-state index is 0.245. The van der Waals surface area contributed by atoms with Crippen LogP contribution >= 0.6 is 0 Å². The zero-order chi connectivity index (χ0) is 13.0. The minimum atomic E-state index is -0.788. The van der Waals surface area contributed by atoms with Gasteiger partial charge >= 0.3 is 0 Å². The van der Waals surface area contributed by atoms with Crippen LogP contribution in [0.3, 0.4) is 0 Å². The molecule has 0 aliphatic carbocycles. The van der Waals surface area contributed by atoms with Crippen LogP contribution in [0.4, 0.5) is 0 Å². The van der Waals surface area contributed by atoms with Crippen molar-refractivity contribution in [2.75, 3.05) is 13.1 Å². The molecule has 0 saturated carbocycles. The second-order valence-electron chi connectivity index (χ2n) is 6.02. The number of aliphatic hydroxyl groups is 1. The highest BCUT2D eigenvalue weighted by Crippen LogP contribution is 2.44. The molecule has 4 rings (SSSR count). The Balaban J connectivity index is 1.81. The van der Waals surface area contributed by atoms with Crippen LogP contribution in [0.15, 0.2) is 28.7 Å². The highest BCUT2D eigenvalue weighted by Gasteiger charge is 2.51. The molecule has 0 bridgehead atoms. The largest absolute Gasteiger partial charge is 0.458 e. The van der Waals surface area contributed by atoms with E-state index in [1.54, 1.807) is 0 Å². The SMILES string of the molecule is Cc1ccc2oc(C3(O)CCN4CCCC43)cc2c1. The normalized spacial score (nSPS) is 31.2. The quantitative estimate of drug-likeness (QED) is 0.853. The van der Waals surface area contributed by atoms with Crippen molar-refractivity contribution in [3.63, 3.8) is 0 Å². The first-order valence-corrected chi connectivity index (χ1v) is 7.14. The third kappa shape index (κ3) is 1.58. The fourth-order valence-corrected chi connectivity index (χ4v) is 3.78. The molecule has 3 heterocycles. The van der Waals surface area contributed by atoms with Gasteiger partial charge in [0.1, 0.15) is 16.9 Å². The number of benzene rings is 1. The summed E-state index contributed by atoms with van der Waals surface area (Å²) in [5.74, 6) is 0.752. The summed E-state index contributed by atoms with van der Waals surface area (Å²) < 4.78 is 5.94. The molecule has 2 fully saturated rings. The lowest BCUT2D eigenvalue weighted by molar-refractivity contribution is -0.00880. The lowest BCUT2D eigenvalue weighted by Crippen LogP contribution is -2.38. The molecule has 2 unspecified atom stereocenters. The number of nitrogens with zero attached hydrogens (tertiary/aromatic N) is 1. The summed E-state index contributed by atoms with van der Waals surface area (Å²) in [5.41, 5.74) is 1.31. The minimum Gasteiger partial charge on any atom is -0.458 e. The Hall–Kier alpha value is -1.32. The first-order valence-electron chi connectivity index (χ1n) is 7.14. The molecule has 0 spiro atoms. The summed E-state index contributed by atoms with van der Waals surface area (Å²) in [4.78, 5) is 2.40. The van der Waals surface area contributed by atoms with Gasteiger partial charge in [-0.3, -0.25) is 4.90 Å². The maximum Gasteiger partial charge on any atom is 0.139 e. The van der Waals surface area contributed by atoms with Crippen LogP contribution in [0.5, 0.6) is 0 Å². The molecule has 1 N–H and O–H groups in total. The zero-order valence-corrected chi connectivity index (χ0v) is 11.2. The monoisotopic (exact) mass is 257 g/mol. The Labute approximate surface area is 112 Å². The number of furan rings is 1. The Morgan fingerprint density at radius 2 is 2.21 bits per heavy atom. The van der Waals surface area contributed by atoms with Gasteiger partial charge in [-0.15, -0.1) is 0 Å². The van der Waals surface area contributed by atoms with Gasteiger partial charge in [0.05, 0.1) is 0 Å². The number of fused-ring (bicyclic) bond motifs is 2. The first-order chi connectivity index (χ1) is 9.17. The summed E-state index contributed by atoms with van der Waals surface area (Å²) >= 11 is 0. The van der Waals surface area contributed by atoms with E-state index in [0.29, 0.717) is 0 Å².